The summed E-state index contributed by atoms with van der Waals surface area (Å²) in [5, 5.41) is 35.8. The molecular formula is C12H8ClN5O2. The van der Waals surface area contributed by atoms with Crippen molar-refractivity contribution in [2.24, 2.45) is 10.3 Å². The van der Waals surface area contributed by atoms with E-state index in [4.69, 9.17) is 11.6 Å². The van der Waals surface area contributed by atoms with Crippen molar-refractivity contribution in [3.8, 4) is 11.5 Å². The molecule has 0 atom stereocenters. The summed E-state index contributed by atoms with van der Waals surface area (Å²) in [6, 6.07) is 6.77. The molecule has 0 radical (unpaired) electrons. The number of nitrogens with zero attached hydrogens (tertiary/aromatic N) is 5. The van der Waals surface area contributed by atoms with E-state index in [0.29, 0.717) is 10.8 Å². The van der Waals surface area contributed by atoms with Gasteiger partial charge in [0, 0.05) is 10.8 Å². The fraction of sp³-hybridized carbons (Fsp3) is 0. The summed E-state index contributed by atoms with van der Waals surface area (Å²) in [5.41, 5.74) is -0.0171. The van der Waals surface area contributed by atoms with E-state index in [1.165, 1.54) is 17.3 Å². The first kappa shape index (κ1) is 12.4. The standard InChI is InChI=1S/C12H8ClN5O2/c13-9-10(16-17-18-5-14-15-6-18)12(20)8-4-2-1-3-7(8)11(9)19/h1-6,19-20H. The molecule has 7 nitrogen and oxygen atoms in total. The highest BCUT2D eigenvalue weighted by molar-refractivity contribution is 6.36. The van der Waals surface area contributed by atoms with E-state index < -0.39 is 0 Å². The highest BCUT2D eigenvalue weighted by atomic mass is 35.5. The summed E-state index contributed by atoms with van der Waals surface area (Å²) in [5.74, 6) is -0.307. The van der Waals surface area contributed by atoms with E-state index in [9.17, 15) is 10.2 Å². The van der Waals surface area contributed by atoms with Gasteiger partial charge in [-0.05, 0) is 0 Å². The number of aromatic hydroxyl groups is 2. The monoisotopic (exact) mass is 289 g/mol. The van der Waals surface area contributed by atoms with E-state index in [1.54, 1.807) is 24.3 Å². The molecule has 3 rings (SSSR count). The molecule has 1 aromatic heterocycles. The molecule has 0 bridgehead atoms. The van der Waals surface area contributed by atoms with Crippen LogP contribution in [-0.2, 0) is 0 Å². The molecule has 20 heavy (non-hydrogen) atoms. The van der Waals surface area contributed by atoms with Gasteiger partial charge >= 0.3 is 0 Å². The zero-order valence-electron chi connectivity index (χ0n) is 9.97. The number of fused-ring (bicyclic) bond motifs is 1. The second-order valence-electron chi connectivity index (χ2n) is 3.94. The highest BCUT2D eigenvalue weighted by Gasteiger charge is 2.17. The fourth-order valence-corrected chi connectivity index (χ4v) is 2.02. The van der Waals surface area contributed by atoms with Crippen LogP contribution in [0, 0.1) is 0 Å². The predicted molar refractivity (Wildman–Crippen MR) is 72.2 cm³/mol. The Morgan fingerprint density at radius 1 is 1.00 bits per heavy atom. The molecule has 0 fully saturated rings. The Balaban J connectivity index is 2.20. The molecule has 2 aromatic carbocycles. The van der Waals surface area contributed by atoms with Crippen LogP contribution in [0.15, 0.2) is 47.3 Å². The summed E-state index contributed by atoms with van der Waals surface area (Å²) in [6.07, 6.45) is 2.66. The second-order valence-corrected chi connectivity index (χ2v) is 4.31. The quantitative estimate of drug-likeness (QED) is 0.560. The first-order valence-corrected chi connectivity index (χ1v) is 5.95. The molecule has 0 aliphatic carbocycles. The molecule has 0 aliphatic heterocycles. The zero-order chi connectivity index (χ0) is 14.1. The third kappa shape index (κ3) is 1.94. The summed E-state index contributed by atoms with van der Waals surface area (Å²) in [4.78, 5) is 0. The van der Waals surface area contributed by atoms with Crippen LogP contribution in [0.3, 0.4) is 0 Å². The van der Waals surface area contributed by atoms with E-state index in [0.717, 1.165) is 0 Å². The SMILES string of the molecule is Oc1c(Cl)c(N=Nn2cnnc2)c(O)c2ccccc12. The van der Waals surface area contributed by atoms with Crippen LogP contribution < -0.4 is 0 Å². The first-order chi connectivity index (χ1) is 9.68. The van der Waals surface area contributed by atoms with Crippen LogP contribution in [0.4, 0.5) is 5.69 Å². The predicted octanol–water partition coefficient (Wildman–Crippen LogP) is 3.04. The molecule has 0 saturated heterocycles. The average Bonchev–Trinajstić information content (AvgIpc) is 2.98. The molecule has 100 valence electrons. The van der Waals surface area contributed by atoms with E-state index >= 15 is 0 Å². The van der Waals surface area contributed by atoms with Gasteiger partial charge < -0.3 is 10.2 Å². The van der Waals surface area contributed by atoms with Gasteiger partial charge in [-0.2, -0.15) is 4.68 Å². The van der Waals surface area contributed by atoms with Gasteiger partial charge in [-0.1, -0.05) is 41.1 Å². The Morgan fingerprint density at radius 3 is 2.25 bits per heavy atom. The third-order valence-electron chi connectivity index (χ3n) is 2.73. The maximum Gasteiger partial charge on any atom is 0.152 e. The molecule has 8 heteroatoms. The van der Waals surface area contributed by atoms with Crippen LogP contribution in [0.5, 0.6) is 11.5 Å². The summed E-state index contributed by atoms with van der Waals surface area (Å²) in [7, 11) is 0. The van der Waals surface area contributed by atoms with Crippen LogP contribution in [0.25, 0.3) is 10.8 Å². The minimum atomic E-state index is -0.155. The molecule has 0 spiro atoms. The van der Waals surface area contributed by atoms with Crippen molar-refractivity contribution in [1.82, 2.24) is 14.9 Å². The number of hydrogen-bond donors (Lipinski definition) is 2. The van der Waals surface area contributed by atoms with Crippen molar-refractivity contribution in [3.63, 3.8) is 0 Å². The molecule has 0 unspecified atom stereocenters. The number of phenols is 2. The van der Waals surface area contributed by atoms with E-state index in [1.807, 2.05) is 0 Å². The number of benzene rings is 2. The minimum Gasteiger partial charge on any atom is -0.506 e. The highest BCUT2D eigenvalue weighted by Crippen LogP contribution is 2.47. The number of phenolic OH excluding ortho intramolecular Hbond substituents is 2. The number of aromatic nitrogens is 3. The van der Waals surface area contributed by atoms with Crippen LogP contribution in [0.2, 0.25) is 5.02 Å². The number of rotatable bonds is 2. The lowest BCUT2D eigenvalue weighted by atomic mass is 10.1. The maximum absolute atomic E-state index is 10.2. The Labute approximate surface area is 117 Å². The van der Waals surface area contributed by atoms with Crippen molar-refractivity contribution < 1.29 is 10.2 Å². The van der Waals surface area contributed by atoms with Crippen LogP contribution >= 0.6 is 11.6 Å². The molecular weight excluding hydrogens is 282 g/mol. The lowest BCUT2D eigenvalue weighted by molar-refractivity contribution is 0.470. The second kappa shape index (κ2) is 4.78. The lowest BCUT2D eigenvalue weighted by Crippen LogP contribution is -1.82. The van der Waals surface area contributed by atoms with Crippen molar-refractivity contribution in [1.29, 1.82) is 0 Å². The largest absolute Gasteiger partial charge is 0.506 e. The Hall–Kier alpha value is -2.67. The van der Waals surface area contributed by atoms with Gasteiger partial charge in [-0.15, -0.1) is 15.3 Å². The van der Waals surface area contributed by atoms with E-state index in [2.05, 4.69) is 20.5 Å². The van der Waals surface area contributed by atoms with Gasteiger partial charge in [0.2, 0.25) is 0 Å². The maximum atomic E-state index is 10.2. The van der Waals surface area contributed by atoms with Crippen molar-refractivity contribution in [2.45, 2.75) is 0 Å². The topological polar surface area (TPSA) is 95.9 Å². The van der Waals surface area contributed by atoms with Crippen molar-refractivity contribution in [2.75, 3.05) is 0 Å². The van der Waals surface area contributed by atoms with Gasteiger partial charge in [-0.25, -0.2) is 0 Å². The van der Waals surface area contributed by atoms with Crippen LogP contribution in [0.1, 0.15) is 0 Å². The Morgan fingerprint density at radius 2 is 1.60 bits per heavy atom. The van der Waals surface area contributed by atoms with Gasteiger partial charge in [0.1, 0.15) is 23.4 Å². The van der Waals surface area contributed by atoms with E-state index in [-0.39, 0.29) is 22.2 Å². The smallest absolute Gasteiger partial charge is 0.152 e. The molecule has 1 heterocycles. The summed E-state index contributed by atoms with van der Waals surface area (Å²) < 4.78 is 1.24. The molecule has 0 amide bonds. The molecule has 0 saturated carbocycles. The van der Waals surface area contributed by atoms with Gasteiger partial charge in [-0.3, -0.25) is 0 Å². The third-order valence-corrected chi connectivity index (χ3v) is 3.09. The zero-order valence-corrected chi connectivity index (χ0v) is 10.7. The molecule has 3 aromatic rings. The lowest BCUT2D eigenvalue weighted by Gasteiger charge is -2.08. The van der Waals surface area contributed by atoms with Gasteiger partial charge in [0.25, 0.3) is 0 Å². The summed E-state index contributed by atoms with van der Waals surface area (Å²) >= 11 is 6.01. The summed E-state index contributed by atoms with van der Waals surface area (Å²) in [6.45, 7) is 0. The average molecular weight is 290 g/mol. The van der Waals surface area contributed by atoms with Crippen molar-refractivity contribution in [3.05, 3.63) is 41.9 Å². The van der Waals surface area contributed by atoms with Gasteiger partial charge in [0.05, 0.1) is 0 Å². The van der Waals surface area contributed by atoms with Crippen LogP contribution in [-0.4, -0.2) is 25.1 Å². The molecule has 0 aliphatic rings. The molecule has 2 N–H and O–H groups in total. The number of hydrogen-bond acceptors (Lipinski definition) is 6. The number of halogens is 1. The van der Waals surface area contributed by atoms with Crippen molar-refractivity contribution >= 4 is 28.1 Å². The Kier molecular flexibility index (Phi) is 2.96. The normalized spacial score (nSPS) is 11.4. The minimum absolute atomic E-state index is 0.0171. The van der Waals surface area contributed by atoms with Gasteiger partial charge in [0.15, 0.2) is 11.4 Å². The fourth-order valence-electron chi connectivity index (χ4n) is 1.79. The Bertz CT molecular complexity index is 801. The first-order valence-electron chi connectivity index (χ1n) is 5.57.